The molecule has 6 heteroatoms. The quantitative estimate of drug-likeness (QED) is 0.787. The Labute approximate surface area is 96.4 Å². The van der Waals surface area contributed by atoms with Crippen LogP contribution in [-0.2, 0) is 11.3 Å². The molecule has 0 aromatic carbocycles. The van der Waals surface area contributed by atoms with Gasteiger partial charge < -0.3 is 10.1 Å². The van der Waals surface area contributed by atoms with E-state index in [0.29, 0.717) is 13.1 Å². The van der Waals surface area contributed by atoms with Crippen LogP contribution in [0.1, 0.15) is 11.1 Å². The highest BCUT2D eigenvalue weighted by atomic mass is 32.1. The first kappa shape index (κ1) is 13.5. The van der Waals surface area contributed by atoms with Gasteiger partial charge in [0.1, 0.15) is 6.61 Å². The fourth-order valence-electron chi connectivity index (χ4n) is 1.12. The first-order valence-electron chi connectivity index (χ1n) is 4.86. The molecule has 2 nitrogen and oxygen atoms in total. The molecule has 0 saturated carbocycles. The van der Waals surface area contributed by atoms with Crippen molar-refractivity contribution in [2.75, 3.05) is 19.8 Å². The third-order valence-electron chi connectivity index (χ3n) is 1.97. The van der Waals surface area contributed by atoms with Gasteiger partial charge in [-0.2, -0.15) is 24.5 Å². The molecule has 16 heavy (non-hydrogen) atoms. The van der Waals surface area contributed by atoms with E-state index < -0.39 is 12.8 Å². The second-order valence-corrected chi connectivity index (χ2v) is 4.17. The maximum atomic E-state index is 11.7. The SMILES string of the molecule is Cc1cscc1CNCCOCC(F)(F)F. The minimum Gasteiger partial charge on any atom is -0.371 e. The average molecular weight is 253 g/mol. The Morgan fingerprint density at radius 3 is 2.69 bits per heavy atom. The highest BCUT2D eigenvalue weighted by Gasteiger charge is 2.27. The fraction of sp³-hybridized carbons (Fsp3) is 0.600. The van der Waals surface area contributed by atoms with Crippen molar-refractivity contribution in [2.24, 2.45) is 0 Å². The van der Waals surface area contributed by atoms with Gasteiger partial charge in [-0.05, 0) is 28.8 Å². The van der Waals surface area contributed by atoms with Gasteiger partial charge in [0, 0.05) is 13.1 Å². The molecule has 1 rings (SSSR count). The first-order chi connectivity index (χ1) is 7.49. The summed E-state index contributed by atoms with van der Waals surface area (Å²) in [7, 11) is 0. The molecule has 0 radical (unpaired) electrons. The molecule has 0 unspecified atom stereocenters. The number of alkyl halides is 3. The number of hydrogen-bond acceptors (Lipinski definition) is 3. The molecule has 0 saturated heterocycles. The molecule has 1 N–H and O–H groups in total. The predicted octanol–water partition coefficient (Wildman–Crippen LogP) is 2.73. The number of halogens is 3. The number of ether oxygens (including phenoxy) is 1. The molecule has 1 aromatic heterocycles. The summed E-state index contributed by atoms with van der Waals surface area (Å²) in [6, 6.07) is 0. The average Bonchev–Trinajstić information content (AvgIpc) is 2.56. The standard InChI is InChI=1S/C10H14F3NOS/c1-8-5-16-6-9(8)4-14-2-3-15-7-10(11,12)13/h5-6,14H,2-4,7H2,1H3. The maximum Gasteiger partial charge on any atom is 0.411 e. The molecule has 0 aliphatic carbocycles. The first-order valence-corrected chi connectivity index (χ1v) is 5.80. The summed E-state index contributed by atoms with van der Waals surface area (Å²) >= 11 is 1.62. The van der Waals surface area contributed by atoms with Crippen LogP contribution in [0.5, 0.6) is 0 Å². The molecule has 1 aromatic rings. The van der Waals surface area contributed by atoms with Gasteiger partial charge in [-0.25, -0.2) is 0 Å². The molecule has 92 valence electrons. The summed E-state index contributed by atoms with van der Waals surface area (Å²) in [5, 5.41) is 7.09. The second kappa shape index (κ2) is 6.22. The van der Waals surface area contributed by atoms with Crippen LogP contribution in [-0.4, -0.2) is 25.9 Å². The zero-order chi connectivity index (χ0) is 12.0. The van der Waals surface area contributed by atoms with Crippen molar-refractivity contribution >= 4 is 11.3 Å². The van der Waals surface area contributed by atoms with E-state index in [9.17, 15) is 13.2 Å². The molecule has 0 amide bonds. The van der Waals surface area contributed by atoms with E-state index in [1.54, 1.807) is 11.3 Å². The number of nitrogens with one attached hydrogen (secondary N) is 1. The van der Waals surface area contributed by atoms with Gasteiger partial charge in [0.15, 0.2) is 0 Å². The van der Waals surface area contributed by atoms with Crippen molar-refractivity contribution in [3.05, 3.63) is 21.9 Å². The highest BCUT2D eigenvalue weighted by Crippen LogP contribution is 2.14. The van der Waals surface area contributed by atoms with Gasteiger partial charge in [0.2, 0.25) is 0 Å². The molecule has 0 spiro atoms. The molecular weight excluding hydrogens is 239 g/mol. The molecule has 1 heterocycles. The summed E-state index contributed by atoms with van der Waals surface area (Å²) in [5.74, 6) is 0. The van der Waals surface area contributed by atoms with Crippen molar-refractivity contribution < 1.29 is 17.9 Å². The van der Waals surface area contributed by atoms with E-state index in [1.807, 2.05) is 17.7 Å². The van der Waals surface area contributed by atoms with Crippen molar-refractivity contribution in [1.29, 1.82) is 0 Å². The van der Waals surface area contributed by atoms with Gasteiger partial charge in [0.05, 0.1) is 6.61 Å². The van der Waals surface area contributed by atoms with Crippen LogP contribution in [0.4, 0.5) is 13.2 Å². The van der Waals surface area contributed by atoms with Crippen LogP contribution in [0, 0.1) is 6.92 Å². The van der Waals surface area contributed by atoms with E-state index in [-0.39, 0.29) is 6.61 Å². The van der Waals surface area contributed by atoms with Crippen LogP contribution in [0.25, 0.3) is 0 Å². The summed E-state index contributed by atoms with van der Waals surface area (Å²) in [6.45, 7) is 2.00. The molecule has 0 aliphatic heterocycles. The van der Waals surface area contributed by atoms with Crippen molar-refractivity contribution in [1.82, 2.24) is 5.32 Å². The Morgan fingerprint density at radius 2 is 2.12 bits per heavy atom. The summed E-state index contributed by atoms with van der Waals surface area (Å²) in [5.41, 5.74) is 2.38. The zero-order valence-electron chi connectivity index (χ0n) is 8.93. The Kier molecular flexibility index (Phi) is 5.24. The van der Waals surface area contributed by atoms with E-state index >= 15 is 0 Å². The van der Waals surface area contributed by atoms with E-state index in [1.165, 1.54) is 11.1 Å². The number of hydrogen-bond donors (Lipinski definition) is 1. The lowest BCUT2D eigenvalue weighted by Gasteiger charge is -2.08. The topological polar surface area (TPSA) is 21.3 Å². The maximum absolute atomic E-state index is 11.7. The number of aryl methyl sites for hydroxylation is 1. The Balaban J connectivity index is 2.03. The number of thiophene rings is 1. The van der Waals surface area contributed by atoms with Gasteiger partial charge in [0.25, 0.3) is 0 Å². The van der Waals surface area contributed by atoms with Crippen molar-refractivity contribution in [3.63, 3.8) is 0 Å². The van der Waals surface area contributed by atoms with E-state index in [4.69, 9.17) is 0 Å². The van der Waals surface area contributed by atoms with E-state index in [0.717, 1.165) is 0 Å². The summed E-state index contributed by atoms with van der Waals surface area (Å²) in [4.78, 5) is 0. The minimum absolute atomic E-state index is 0.0721. The van der Waals surface area contributed by atoms with Crippen LogP contribution >= 0.6 is 11.3 Å². The third kappa shape index (κ3) is 5.48. The van der Waals surface area contributed by atoms with Crippen LogP contribution < -0.4 is 5.32 Å². The van der Waals surface area contributed by atoms with Crippen LogP contribution in [0.3, 0.4) is 0 Å². The summed E-state index contributed by atoms with van der Waals surface area (Å²) < 4.78 is 39.6. The molecule has 0 bridgehead atoms. The lowest BCUT2D eigenvalue weighted by molar-refractivity contribution is -0.173. The molecule has 0 atom stereocenters. The second-order valence-electron chi connectivity index (χ2n) is 3.42. The van der Waals surface area contributed by atoms with Crippen LogP contribution in [0.15, 0.2) is 10.8 Å². The number of rotatable bonds is 6. The Hall–Kier alpha value is -0.590. The van der Waals surface area contributed by atoms with Gasteiger partial charge >= 0.3 is 6.18 Å². The van der Waals surface area contributed by atoms with Gasteiger partial charge in [-0.3, -0.25) is 0 Å². The Morgan fingerprint density at radius 1 is 1.38 bits per heavy atom. The van der Waals surface area contributed by atoms with Gasteiger partial charge in [-0.1, -0.05) is 0 Å². The highest BCUT2D eigenvalue weighted by molar-refractivity contribution is 7.08. The third-order valence-corrected chi connectivity index (χ3v) is 2.88. The monoisotopic (exact) mass is 253 g/mol. The fourth-order valence-corrected chi connectivity index (χ4v) is 1.98. The van der Waals surface area contributed by atoms with Crippen LogP contribution in [0.2, 0.25) is 0 Å². The van der Waals surface area contributed by atoms with Gasteiger partial charge in [-0.15, -0.1) is 0 Å². The predicted molar refractivity (Wildman–Crippen MR) is 57.6 cm³/mol. The van der Waals surface area contributed by atoms with Crippen molar-refractivity contribution in [3.8, 4) is 0 Å². The minimum atomic E-state index is -4.23. The lowest BCUT2D eigenvalue weighted by Crippen LogP contribution is -2.23. The summed E-state index contributed by atoms with van der Waals surface area (Å²) in [6.07, 6.45) is -4.23. The normalized spacial score (nSPS) is 12.0. The smallest absolute Gasteiger partial charge is 0.371 e. The zero-order valence-corrected chi connectivity index (χ0v) is 9.75. The Bertz CT molecular complexity index is 311. The van der Waals surface area contributed by atoms with Crippen molar-refractivity contribution in [2.45, 2.75) is 19.6 Å². The molecule has 0 fully saturated rings. The largest absolute Gasteiger partial charge is 0.411 e. The molecule has 0 aliphatic rings. The molecular formula is C10H14F3NOS. The lowest BCUT2D eigenvalue weighted by atomic mass is 10.2. The van der Waals surface area contributed by atoms with E-state index in [2.05, 4.69) is 10.1 Å².